The van der Waals surface area contributed by atoms with Gasteiger partial charge >= 0.3 is 5.97 Å². The zero-order valence-electron chi connectivity index (χ0n) is 16.1. The van der Waals surface area contributed by atoms with Crippen molar-refractivity contribution < 1.29 is 18.7 Å². The van der Waals surface area contributed by atoms with Gasteiger partial charge in [-0.05, 0) is 42.0 Å². The lowest BCUT2D eigenvalue weighted by Gasteiger charge is -2.28. The van der Waals surface area contributed by atoms with Crippen LogP contribution >= 0.6 is 11.8 Å². The third kappa shape index (κ3) is 4.54. The molecular weight excluding hydrogens is 377 g/mol. The number of carbonyl (C=O) groups excluding carboxylic acids is 1. The number of cyclic esters (lactones) is 1. The highest BCUT2D eigenvalue weighted by Crippen LogP contribution is 2.39. The molecule has 2 unspecified atom stereocenters. The Hall–Kier alpha value is -2.36. The molecule has 0 saturated carbocycles. The number of ether oxygens (including phenoxy) is 2. The van der Waals surface area contributed by atoms with Gasteiger partial charge in [0.1, 0.15) is 5.82 Å². The Balaban J connectivity index is 1.85. The average molecular weight is 399 g/mol. The summed E-state index contributed by atoms with van der Waals surface area (Å²) in [6.45, 7) is 5.86. The summed E-state index contributed by atoms with van der Waals surface area (Å²) in [7, 11) is 0. The van der Waals surface area contributed by atoms with Gasteiger partial charge in [0.25, 0.3) is 0 Å². The average Bonchev–Trinajstić information content (AvgIpc) is 2.99. The third-order valence-corrected chi connectivity index (χ3v) is 5.70. The van der Waals surface area contributed by atoms with Crippen molar-refractivity contribution in [2.24, 2.45) is 5.41 Å². The molecule has 1 heterocycles. The Morgan fingerprint density at radius 1 is 1.14 bits per heavy atom. The van der Waals surface area contributed by atoms with E-state index in [-0.39, 0.29) is 11.2 Å². The quantitative estimate of drug-likeness (QED) is 0.538. The molecule has 0 aliphatic carbocycles. The monoisotopic (exact) mass is 399 g/mol. The summed E-state index contributed by atoms with van der Waals surface area (Å²) in [4.78, 5) is 13.7. The van der Waals surface area contributed by atoms with Gasteiger partial charge in [0.15, 0.2) is 5.60 Å². The summed E-state index contributed by atoms with van der Waals surface area (Å²) in [5.74, 6) is -0.364. The number of esters is 1. The van der Waals surface area contributed by atoms with Crippen LogP contribution in [0.3, 0.4) is 0 Å². The summed E-state index contributed by atoms with van der Waals surface area (Å²) < 4.78 is 24.9. The van der Waals surface area contributed by atoms with Crippen LogP contribution in [0.2, 0.25) is 0 Å². The first-order chi connectivity index (χ1) is 13.2. The minimum absolute atomic E-state index is 0.305. The standard InChI is InChI=1S/C22H22FNO3S/c1-21(2,3)20-26-19(25)22(27-20,12-15-4-6-16(13-24)7-5-15)14-28-18-10-8-17(23)9-11-18/h4-11,20H,12,14H2,1-3H3. The fourth-order valence-corrected chi connectivity index (χ4v) is 3.87. The van der Waals surface area contributed by atoms with E-state index < -0.39 is 17.9 Å². The number of nitrogens with zero attached hydrogens (tertiary/aromatic N) is 1. The molecule has 146 valence electrons. The molecule has 3 rings (SSSR count). The van der Waals surface area contributed by atoms with E-state index in [9.17, 15) is 9.18 Å². The molecule has 1 fully saturated rings. The minimum Gasteiger partial charge on any atom is -0.433 e. The molecule has 1 aliphatic heterocycles. The Kier molecular flexibility index (Phi) is 5.78. The lowest BCUT2D eigenvalue weighted by Crippen LogP contribution is -2.42. The SMILES string of the molecule is CC(C)(C)C1OC(=O)C(CSc2ccc(F)cc2)(Cc2ccc(C#N)cc2)O1. The van der Waals surface area contributed by atoms with Gasteiger partial charge in [0, 0.05) is 22.5 Å². The Morgan fingerprint density at radius 3 is 2.32 bits per heavy atom. The molecule has 0 amide bonds. The molecule has 2 aromatic carbocycles. The summed E-state index contributed by atoms with van der Waals surface area (Å²) in [6.07, 6.45) is -0.314. The normalized spacial score (nSPS) is 22.0. The van der Waals surface area contributed by atoms with Crippen molar-refractivity contribution in [2.75, 3.05) is 5.75 Å². The van der Waals surface area contributed by atoms with Gasteiger partial charge in [-0.2, -0.15) is 5.26 Å². The lowest BCUT2D eigenvalue weighted by atomic mass is 9.94. The van der Waals surface area contributed by atoms with Crippen LogP contribution < -0.4 is 0 Å². The molecule has 4 nitrogen and oxygen atoms in total. The van der Waals surface area contributed by atoms with E-state index in [1.54, 1.807) is 24.3 Å². The van der Waals surface area contributed by atoms with Crippen LogP contribution in [-0.2, 0) is 20.7 Å². The van der Waals surface area contributed by atoms with Crippen molar-refractivity contribution in [3.8, 4) is 6.07 Å². The highest BCUT2D eigenvalue weighted by molar-refractivity contribution is 7.99. The number of rotatable bonds is 5. The van der Waals surface area contributed by atoms with Crippen LogP contribution in [0.15, 0.2) is 53.4 Å². The number of thioether (sulfide) groups is 1. The topological polar surface area (TPSA) is 59.3 Å². The highest BCUT2D eigenvalue weighted by atomic mass is 32.2. The summed E-state index contributed by atoms with van der Waals surface area (Å²) >= 11 is 1.42. The van der Waals surface area contributed by atoms with E-state index in [4.69, 9.17) is 14.7 Å². The maximum atomic E-state index is 13.2. The van der Waals surface area contributed by atoms with Crippen molar-refractivity contribution in [2.45, 2.75) is 44.0 Å². The third-order valence-electron chi connectivity index (χ3n) is 4.48. The molecule has 1 aliphatic rings. The number of hydrogen-bond donors (Lipinski definition) is 0. The number of hydrogen-bond acceptors (Lipinski definition) is 5. The Morgan fingerprint density at radius 2 is 1.79 bits per heavy atom. The molecule has 0 aromatic heterocycles. The summed E-state index contributed by atoms with van der Waals surface area (Å²) in [5, 5.41) is 8.98. The first kappa shape index (κ1) is 20.4. The van der Waals surface area contributed by atoms with Crippen LogP contribution in [0, 0.1) is 22.6 Å². The first-order valence-electron chi connectivity index (χ1n) is 8.98. The van der Waals surface area contributed by atoms with Gasteiger partial charge in [-0.15, -0.1) is 11.8 Å². The van der Waals surface area contributed by atoms with Crippen LogP contribution in [-0.4, -0.2) is 23.6 Å². The Labute approximate surface area is 168 Å². The molecule has 1 saturated heterocycles. The predicted molar refractivity (Wildman–Crippen MR) is 105 cm³/mol. The largest absolute Gasteiger partial charge is 0.433 e. The van der Waals surface area contributed by atoms with Crippen LogP contribution in [0.4, 0.5) is 4.39 Å². The van der Waals surface area contributed by atoms with Crippen LogP contribution in [0.5, 0.6) is 0 Å². The zero-order valence-corrected chi connectivity index (χ0v) is 16.9. The minimum atomic E-state index is -1.15. The maximum Gasteiger partial charge on any atom is 0.342 e. The smallest absolute Gasteiger partial charge is 0.342 e. The van der Waals surface area contributed by atoms with Crippen molar-refractivity contribution in [3.63, 3.8) is 0 Å². The van der Waals surface area contributed by atoms with Gasteiger partial charge in [0.05, 0.1) is 11.6 Å². The fourth-order valence-electron chi connectivity index (χ4n) is 2.85. The van der Waals surface area contributed by atoms with Crippen molar-refractivity contribution in [1.29, 1.82) is 5.26 Å². The second-order valence-electron chi connectivity index (χ2n) is 7.94. The molecule has 0 N–H and O–H groups in total. The van der Waals surface area contributed by atoms with Crippen LogP contribution in [0.1, 0.15) is 31.9 Å². The summed E-state index contributed by atoms with van der Waals surface area (Å²) in [5.41, 5.74) is -0.0699. The van der Waals surface area contributed by atoms with E-state index in [0.29, 0.717) is 17.7 Å². The molecule has 0 spiro atoms. The van der Waals surface area contributed by atoms with E-state index >= 15 is 0 Å². The highest BCUT2D eigenvalue weighted by Gasteiger charge is 2.53. The van der Waals surface area contributed by atoms with Crippen molar-refractivity contribution in [1.82, 2.24) is 0 Å². The van der Waals surface area contributed by atoms with Gasteiger partial charge < -0.3 is 9.47 Å². The fraction of sp³-hybridized carbons (Fsp3) is 0.364. The van der Waals surface area contributed by atoms with Crippen molar-refractivity contribution >= 4 is 17.7 Å². The van der Waals surface area contributed by atoms with Gasteiger partial charge in [-0.25, -0.2) is 9.18 Å². The van der Waals surface area contributed by atoms with Crippen LogP contribution in [0.25, 0.3) is 0 Å². The second-order valence-corrected chi connectivity index (χ2v) is 8.99. The number of benzene rings is 2. The van der Waals surface area contributed by atoms with E-state index in [1.165, 1.54) is 23.9 Å². The summed E-state index contributed by atoms with van der Waals surface area (Å²) in [6, 6.07) is 15.3. The maximum absolute atomic E-state index is 13.2. The predicted octanol–water partition coefficient (Wildman–Crippen LogP) is 4.72. The number of halogens is 1. The molecule has 0 radical (unpaired) electrons. The second kappa shape index (κ2) is 7.94. The lowest BCUT2D eigenvalue weighted by molar-refractivity contribution is -0.155. The molecule has 28 heavy (non-hydrogen) atoms. The number of carbonyl (C=O) groups is 1. The van der Waals surface area contributed by atoms with Gasteiger partial charge in [-0.3, -0.25) is 0 Å². The van der Waals surface area contributed by atoms with E-state index in [0.717, 1.165) is 10.5 Å². The van der Waals surface area contributed by atoms with E-state index in [2.05, 4.69) is 6.07 Å². The molecule has 2 atom stereocenters. The van der Waals surface area contributed by atoms with E-state index in [1.807, 2.05) is 32.9 Å². The molecule has 0 bridgehead atoms. The zero-order chi connectivity index (χ0) is 20.4. The first-order valence-corrected chi connectivity index (χ1v) is 9.97. The van der Waals surface area contributed by atoms with Gasteiger partial charge in [0.2, 0.25) is 6.29 Å². The van der Waals surface area contributed by atoms with Crippen molar-refractivity contribution in [3.05, 3.63) is 65.5 Å². The molecule has 6 heteroatoms. The number of nitriles is 1. The molecular formula is C22H22FNO3S. The molecule has 2 aromatic rings. The van der Waals surface area contributed by atoms with Gasteiger partial charge in [-0.1, -0.05) is 32.9 Å². The Bertz CT molecular complexity index is 884.